The molecule has 0 unspecified atom stereocenters. The summed E-state index contributed by atoms with van der Waals surface area (Å²) < 4.78 is 4.70. The summed E-state index contributed by atoms with van der Waals surface area (Å²) in [5, 5.41) is 11.0. The van der Waals surface area contributed by atoms with Crippen LogP contribution in [0.1, 0.15) is 39.5 Å². The number of methoxy groups -OCH3 is 1. The molecule has 5 heteroatoms. The van der Waals surface area contributed by atoms with Crippen LogP contribution in [0.2, 0.25) is 0 Å². The van der Waals surface area contributed by atoms with Gasteiger partial charge >= 0.3 is 5.97 Å². The second-order valence-corrected chi connectivity index (χ2v) is 4.99. The number of carbonyl (C=O) groups is 1. The van der Waals surface area contributed by atoms with Crippen molar-refractivity contribution in [2.75, 3.05) is 7.11 Å². The third-order valence-corrected chi connectivity index (χ3v) is 3.68. The summed E-state index contributed by atoms with van der Waals surface area (Å²) in [4.78, 5) is 22.1. The van der Waals surface area contributed by atoms with Crippen LogP contribution in [0.5, 0.6) is 0 Å². The van der Waals surface area contributed by atoms with Crippen molar-refractivity contribution in [2.24, 2.45) is 11.8 Å². The fourth-order valence-electron chi connectivity index (χ4n) is 2.36. The molecule has 0 spiro atoms. The number of hydrogen-bond acceptors (Lipinski definition) is 4. The van der Waals surface area contributed by atoms with Crippen molar-refractivity contribution in [2.45, 2.75) is 45.1 Å². The van der Waals surface area contributed by atoms with E-state index >= 15 is 0 Å². The smallest absolute Gasteiger partial charge is 0.308 e. The van der Waals surface area contributed by atoms with Gasteiger partial charge in [0.1, 0.15) is 0 Å². The quantitative estimate of drug-likeness (QED) is 0.421. The molecule has 16 heavy (non-hydrogen) atoms. The standard InChI is InChI=1S/C11H19NO4/c1-11(2,12(14)15)9-6-4-5-8(7-9)10(13)16-3/h8-9H,4-7H2,1-3H3/t8-,9+/m1/s1. The van der Waals surface area contributed by atoms with Gasteiger partial charge in [-0.2, -0.15) is 0 Å². The molecule has 0 bridgehead atoms. The molecule has 1 rings (SSSR count). The van der Waals surface area contributed by atoms with Crippen molar-refractivity contribution in [1.29, 1.82) is 0 Å². The maximum Gasteiger partial charge on any atom is 0.308 e. The van der Waals surface area contributed by atoms with Crippen molar-refractivity contribution in [3.8, 4) is 0 Å². The third-order valence-electron chi connectivity index (χ3n) is 3.68. The number of esters is 1. The third kappa shape index (κ3) is 2.51. The van der Waals surface area contributed by atoms with Gasteiger partial charge in [0, 0.05) is 24.7 Å². The normalized spacial score (nSPS) is 26.2. The molecule has 0 saturated heterocycles. The first-order valence-electron chi connectivity index (χ1n) is 5.62. The Hall–Kier alpha value is -1.13. The molecular formula is C11H19NO4. The Morgan fingerprint density at radius 1 is 1.44 bits per heavy atom. The van der Waals surface area contributed by atoms with E-state index in [2.05, 4.69) is 0 Å². The Balaban J connectivity index is 2.70. The largest absolute Gasteiger partial charge is 0.469 e. The van der Waals surface area contributed by atoms with E-state index in [4.69, 9.17) is 4.74 Å². The molecule has 0 aromatic rings. The summed E-state index contributed by atoms with van der Waals surface area (Å²) >= 11 is 0. The molecular weight excluding hydrogens is 210 g/mol. The van der Waals surface area contributed by atoms with Crippen molar-refractivity contribution in [3.05, 3.63) is 10.1 Å². The number of nitro groups is 1. The molecule has 0 aliphatic heterocycles. The maximum atomic E-state index is 11.4. The summed E-state index contributed by atoms with van der Waals surface area (Å²) in [7, 11) is 1.37. The van der Waals surface area contributed by atoms with E-state index in [9.17, 15) is 14.9 Å². The van der Waals surface area contributed by atoms with E-state index in [0.29, 0.717) is 6.42 Å². The highest BCUT2D eigenvalue weighted by Gasteiger charge is 2.44. The minimum atomic E-state index is -0.952. The first kappa shape index (κ1) is 12.9. The van der Waals surface area contributed by atoms with Crippen LogP contribution in [0.15, 0.2) is 0 Å². The number of hydrogen-bond donors (Lipinski definition) is 0. The monoisotopic (exact) mass is 229 g/mol. The molecule has 0 N–H and O–H groups in total. The van der Waals surface area contributed by atoms with Crippen molar-refractivity contribution in [1.82, 2.24) is 0 Å². The Kier molecular flexibility index (Phi) is 3.88. The molecule has 1 fully saturated rings. The van der Waals surface area contributed by atoms with E-state index in [1.807, 2.05) is 0 Å². The van der Waals surface area contributed by atoms with E-state index in [1.54, 1.807) is 13.8 Å². The molecule has 1 aliphatic carbocycles. The molecule has 5 nitrogen and oxygen atoms in total. The molecule has 0 heterocycles. The van der Waals surface area contributed by atoms with E-state index in [0.717, 1.165) is 19.3 Å². The van der Waals surface area contributed by atoms with Gasteiger partial charge in [-0.15, -0.1) is 0 Å². The van der Waals surface area contributed by atoms with Crippen LogP contribution < -0.4 is 0 Å². The summed E-state index contributed by atoms with van der Waals surface area (Å²) in [6.07, 6.45) is 3.04. The lowest BCUT2D eigenvalue weighted by Gasteiger charge is -2.33. The fraction of sp³-hybridized carbons (Fsp3) is 0.909. The van der Waals surface area contributed by atoms with Crippen molar-refractivity contribution >= 4 is 5.97 Å². The van der Waals surface area contributed by atoms with Gasteiger partial charge in [-0.25, -0.2) is 0 Å². The molecule has 0 aromatic heterocycles. The van der Waals surface area contributed by atoms with Gasteiger partial charge in [-0.1, -0.05) is 6.42 Å². The highest BCUT2D eigenvalue weighted by atomic mass is 16.6. The predicted molar refractivity (Wildman–Crippen MR) is 58.5 cm³/mol. The van der Waals surface area contributed by atoms with E-state index < -0.39 is 5.54 Å². The number of rotatable bonds is 3. The first-order chi connectivity index (χ1) is 7.39. The maximum absolute atomic E-state index is 11.4. The lowest BCUT2D eigenvalue weighted by atomic mass is 9.73. The average molecular weight is 229 g/mol. The van der Waals surface area contributed by atoms with E-state index in [-0.39, 0.29) is 22.7 Å². The van der Waals surface area contributed by atoms with Crippen molar-refractivity contribution < 1.29 is 14.5 Å². The van der Waals surface area contributed by atoms with Gasteiger partial charge < -0.3 is 4.74 Å². The Morgan fingerprint density at radius 2 is 2.06 bits per heavy atom. The first-order valence-corrected chi connectivity index (χ1v) is 5.62. The Morgan fingerprint density at radius 3 is 2.56 bits per heavy atom. The van der Waals surface area contributed by atoms with Gasteiger partial charge in [-0.3, -0.25) is 14.9 Å². The topological polar surface area (TPSA) is 69.4 Å². The lowest BCUT2D eigenvalue weighted by molar-refractivity contribution is -0.572. The molecule has 1 saturated carbocycles. The second-order valence-electron chi connectivity index (χ2n) is 4.99. The Bertz CT molecular complexity index is 288. The fourth-order valence-corrected chi connectivity index (χ4v) is 2.36. The van der Waals surface area contributed by atoms with Crippen LogP contribution in [0, 0.1) is 22.0 Å². The van der Waals surface area contributed by atoms with Crippen LogP contribution in [-0.4, -0.2) is 23.5 Å². The van der Waals surface area contributed by atoms with Gasteiger partial charge in [0.15, 0.2) is 0 Å². The lowest BCUT2D eigenvalue weighted by Crippen LogP contribution is -2.43. The average Bonchev–Trinajstić information content (AvgIpc) is 2.28. The predicted octanol–water partition coefficient (Wildman–Crippen LogP) is 2.02. The molecule has 2 atom stereocenters. The van der Waals surface area contributed by atoms with Gasteiger partial charge in [0.25, 0.3) is 0 Å². The molecule has 92 valence electrons. The molecule has 0 aromatic carbocycles. The minimum absolute atomic E-state index is 0.0413. The van der Waals surface area contributed by atoms with Gasteiger partial charge in [-0.05, 0) is 19.3 Å². The molecule has 0 radical (unpaired) electrons. The molecule has 1 aliphatic rings. The van der Waals surface area contributed by atoms with Crippen LogP contribution in [0.3, 0.4) is 0 Å². The SMILES string of the molecule is COC(=O)[C@@H]1CCC[C@H](C(C)(C)[N+](=O)[O-])C1. The minimum Gasteiger partial charge on any atom is -0.469 e. The van der Waals surface area contributed by atoms with Crippen LogP contribution >= 0.6 is 0 Å². The number of nitrogens with zero attached hydrogens (tertiary/aromatic N) is 1. The van der Waals surface area contributed by atoms with Gasteiger partial charge in [0.2, 0.25) is 5.54 Å². The summed E-state index contributed by atoms with van der Waals surface area (Å²) in [5.74, 6) is -0.438. The van der Waals surface area contributed by atoms with Crippen LogP contribution in [-0.2, 0) is 9.53 Å². The highest BCUT2D eigenvalue weighted by Crippen LogP contribution is 2.37. The summed E-state index contributed by atoms with van der Waals surface area (Å²) in [5.41, 5.74) is -0.952. The van der Waals surface area contributed by atoms with Crippen molar-refractivity contribution in [3.63, 3.8) is 0 Å². The summed E-state index contributed by atoms with van der Waals surface area (Å²) in [6, 6.07) is 0. The van der Waals surface area contributed by atoms with Crippen LogP contribution in [0.4, 0.5) is 0 Å². The molecule has 0 amide bonds. The zero-order valence-corrected chi connectivity index (χ0v) is 10.1. The number of carbonyl (C=O) groups excluding carboxylic acids is 1. The van der Waals surface area contributed by atoms with E-state index in [1.165, 1.54) is 7.11 Å². The summed E-state index contributed by atoms with van der Waals surface area (Å²) in [6.45, 7) is 3.27. The zero-order valence-electron chi connectivity index (χ0n) is 10.1. The second kappa shape index (κ2) is 4.80. The number of ether oxygens (including phenoxy) is 1. The highest BCUT2D eigenvalue weighted by molar-refractivity contribution is 5.72. The Labute approximate surface area is 95.3 Å². The van der Waals surface area contributed by atoms with Gasteiger partial charge in [0.05, 0.1) is 13.0 Å². The van der Waals surface area contributed by atoms with Crippen LogP contribution in [0.25, 0.3) is 0 Å². The zero-order chi connectivity index (χ0) is 12.3.